The molecule has 0 heterocycles. The van der Waals surface area contributed by atoms with Crippen LogP contribution in [0.1, 0.15) is 68.2 Å². The van der Waals surface area contributed by atoms with E-state index < -0.39 is 17.5 Å². The fourth-order valence-corrected chi connectivity index (χ4v) is 5.27. The predicted octanol–water partition coefficient (Wildman–Crippen LogP) is 8.34. The van der Waals surface area contributed by atoms with E-state index in [2.05, 4.69) is 6.58 Å². The summed E-state index contributed by atoms with van der Waals surface area (Å²) in [7, 11) is 3.20. The first-order valence-corrected chi connectivity index (χ1v) is 13.7. The average molecular weight is 547 g/mol. The van der Waals surface area contributed by atoms with Crippen LogP contribution in [0.3, 0.4) is 0 Å². The molecule has 0 saturated heterocycles. The number of benzene rings is 3. The Morgan fingerprint density at radius 3 is 2.50 bits per heavy atom. The summed E-state index contributed by atoms with van der Waals surface area (Å²) >= 11 is 0. The molecule has 6 heteroatoms. The van der Waals surface area contributed by atoms with Gasteiger partial charge in [0.25, 0.3) is 0 Å². The SMILES string of the molecule is C=CC(C)(C)[C@@H](OC)c1cc(COc2cccc([C@H](CC(=O)O)CC3CC3)c2)ccc1-c1cc(OC)ccc1F. The van der Waals surface area contributed by atoms with Crippen LogP contribution in [0.5, 0.6) is 11.5 Å². The molecule has 1 aliphatic carbocycles. The third-order valence-electron chi connectivity index (χ3n) is 7.77. The topological polar surface area (TPSA) is 65.0 Å². The van der Waals surface area contributed by atoms with Crippen LogP contribution < -0.4 is 9.47 Å². The highest BCUT2D eigenvalue weighted by molar-refractivity contribution is 5.71. The van der Waals surface area contributed by atoms with Gasteiger partial charge in [0.1, 0.15) is 23.9 Å². The van der Waals surface area contributed by atoms with E-state index in [-0.39, 0.29) is 24.8 Å². The first-order chi connectivity index (χ1) is 19.1. The van der Waals surface area contributed by atoms with Crippen molar-refractivity contribution < 1.29 is 28.5 Å². The molecule has 1 N–H and O–H groups in total. The second-order valence-electron chi connectivity index (χ2n) is 11.2. The maximum Gasteiger partial charge on any atom is 0.303 e. The van der Waals surface area contributed by atoms with Gasteiger partial charge in [-0.15, -0.1) is 6.58 Å². The third-order valence-corrected chi connectivity index (χ3v) is 7.77. The van der Waals surface area contributed by atoms with E-state index in [0.717, 1.165) is 23.1 Å². The lowest BCUT2D eigenvalue weighted by Crippen LogP contribution is -2.22. The predicted molar refractivity (Wildman–Crippen MR) is 155 cm³/mol. The Morgan fingerprint density at radius 1 is 1.07 bits per heavy atom. The third kappa shape index (κ3) is 7.11. The van der Waals surface area contributed by atoms with E-state index in [4.69, 9.17) is 14.2 Å². The van der Waals surface area contributed by atoms with Crippen LogP contribution in [-0.2, 0) is 16.1 Å². The number of ether oxygens (including phenoxy) is 3. The molecule has 3 aromatic rings. The van der Waals surface area contributed by atoms with Crippen LogP contribution in [0.25, 0.3) is 11.1 Å². The Labute approximate surface area is 236 Å². The Balaban J connectivity index is 1.64. The number of carboxylic acids is 1. The van der Waals surface area contributed by atoms with Crippen LogP contribution in [0.15, 0.2) is 73.3 Å². The molecule has 5 nitrogen and oxygen atoms in total. The van der Waals surface area contributed by atoms with E-state index in [1.165, 1.54) is 18.9 Å². The molecule has 0 aromatic heterocycles. The Morgan fingerprint density at radius 2 is 1.85 bits per heavy atom. The van der Waals surface area contributed by atoms with Gasteiger partial charge in [0.05, 0.1) is 19.6 Å². The number of hydrogen-bond acceptors (Lipinski definition) is 4. The zero-order chi connectivity index (χ0) is 28.9. The lowest BCUT2D eigenvalue weighted by Gasteiger charge is -2.32. The summed E-state index contributed by atoms with van der Waals surface area (Å²) in [5.41, 5.74) is 3.41. The molecule has 0 unspecified atom stereocenters. The maximum absolute atomic E-state index is 15.1. The summed E-state index contributed by atoms with van der Waals surface area (Å²) in [6, 6.07) is 18.3. The second-order valence-corrected chi connectivity index (χ2v) is 11.2. The first kappa shape index (κ1) is 29.3. The minimum absolute atomic E-state index is 0.0270. The smallest absolute Gasteiger partial charge is 0.303 e. The van der Waals surface area contributed by atoms with Gasteiger partial charge in [-0.05, 0) is 76.9 Å². The van der Waals surface area contributed by atoms with Gasteiger partial charge in [0, 0.05) is 18.1 Å². The zero-order valence-electron chi connectivity index (χ0n) is 23.8. The molecule has 0 spiro atoms. The molecule has 212 valence electrons. The molecule has 1 aliphatic rings. The van der Waals surface area contributed by atoms with Gasteiger partial charge >= 0.3 is 5.97 Å². The molecule has 0 amide bonds. The summed E-state index contributed by atoms with van der Waals surface area (Å²) in [6.45, 7) is 8.35. The zero-order valence-corrected chi connectivity index (χ0v) is 23.8. The fourth-order valence-electron chi connectivity index (χ4n) is 5.27. The fraction of sp³-hybridized carbons (Fsp3) is 0.382. The van der Waals surface area contributed by atoms with E-state index >= 15 is 4.39 Å². The first-order valence-electron chi connectivity index (χ1n) is 13.7. The minimum Gasteiger partial charge on any atom is -0.497 e. The molecule has 0 aliphatic heterocycles. The summed E-state index contributed by atoms with van der Waals surface area (Å²) < 4.78 is 32.6. The van der Waals surface area contributed by atoms with Crippen molar-refractivity contribution in [2.45, 2.75) is 58.2 Å². The monoisotopic (exact) mass is 546 g/mol. The van der Waals surface area contributed by atoms with E-state index in [9.17, 15) is 9.90 Å². The van der Waals surface area contributed by atoms with E-state index in [1.54, 1.807) is 26.4 Å². The standard InChI is InChI=1S/C34H39FO5/c1-6-34(2,3)33(39-5)30-17-23(12-14-28(30)29-20-26(38-4)13-15-31(29)35)21-40-27-9-7-8-24(18-27)25(19-32(36)37)16-22-10-11-22/h6-9,12-15,17-18,20,22,25,33H,1,10-11,16,19,21H2,2-5H3,(H,36,37)/t25-,33-/m0/s1. The van der Waals surface area contributed by atoms with Gasteiger partial charge in [-0.3, -0.25) is 4.79 Å². The van der Waals surface area contributed by atoms with Crippen molar-refractivity contribution in [2.75, 3.05) is 14.2 Å². The summed E-state index contributed by atoms with van der Waals surface area (Å²) in [4.78, 5) is 11.5. The Bertz CT molecular complexity index is 1340. The highest BCUT2D eigenvalue weighted by Crippen LogP contribution is 2.43. The Hall–Kier alpha value is -3.64. The van der Waals surface area contributed by atoms with Crippen molar-refractivity contribution in [3.8, 4) is 22.6 Å². The highest BCUT2D eigenvalue weighted by Gasteiger charge is 2.31. The van der Waals surface area contributed by atoms with Crippen molar-refractivity contribution in [3.05, 3.63) is 95.8 Å². The highest BCUT2D eigenvalue weighted by atomic mass is 19.1. The minimum atomic E-state index is -0.785. The largest absolute Gasteiger partial charge is 0.497 e. The molecule has 1 fully saturated rings. The van der Waals surface area contributed by atoms with E-state index in [0.29, 0.717) is 28.5 Å². The lowest BCUT2D eigenvalue weighted by molar-refractivity contribution is -0.137. The van der Waals surface area contributed by atoms with Gasteiger partial charge < -0.3 is 19.3 Å². The number of hydrogen-bond donors (Lipinski definition) is 1. The van der Waals surface area contributed by atoms with Gasteiger partial charge in [0.2, 0.25) is 0 Å². The number of carbonyl (C=O) groups is 1. The van der Waals surface area contributed by atoms with Gasteiger partial charge in [0.15, 0.2) is 0 Å². The summed E-state index contributed by atoms with van der Waals surface area (Å²) in [6.07, 6.45) is 4.80. The number of halogens is 1. The van der Waals surface area contributed by atoms with Crippen molar-refractivity contribution in [2.24, 2.45) is 11.3 Å². The molecule has 0 bridgehead atoms. The van der Waals surface area contributed by atoms with Crippen LogP contribution >= 0.6 is 0 Å². The number of methoxy groups -OCH3 is 2. The van der Waals surface area contributed by atoms with Gasteiger partial charge in [-0.2, -0.15) is 0 Å². The number of aliphatic carboxylic acids is 1. The molecular weight excluding hydrogens is 507 g/mol. The molecule has 0 radical (unpaired) electrons. The van der Waals surface area contributed by atoms with Crippen LogP contribution in [0, 0.1) is 17.2 Å². The normalized spacial score (nSPS) is 14.8. The number of carboxylic acid groups (broad SMARTS) is 1. The number of rotatable bonds is 14. The van der Waals surface area contributed by atoms with Gasteiger partial charge in [-0.25, -0.2) is 4.39 Å². The van der Waals surface area contributed by atoms with Crippen LogP contribution in [0.2, 0.25) is 0 Å². The van der Waals surface area contributed by atoms with Crippen molar-refractivity contribution in [1.82, 2.24) is 0 Å². The molecule has 2 atom stereocenters. The van der Waals surface area contributed by atoms with Gasteiger partial charge in [-0.1, -0.05) is 57.0 Å². The lowest BCUT2D eigenvalue weighted by atomic mass is 9.79. The van der Waals surface area contributed by atoms with E-state index in [1.807, 2.05) is 62.4 Å². The Kier molecular flexibility index (Phi) is 9.31. The van der Waals surface area contributed by atoms with Crippen molar-refractivity contribution >= 4 is 5.97 Å². The van der Waals surface area contributed by atoms with Crippen LogP contribution in [-0.4, -0.2) is 25.3 Å². The summed E-state index contributed by atoms with van der Waals surface area (Å²) in [5, 5.41) is 9.44. The molecule has 40 heavy (non-hydrogen) atoms. The van der Waals surface area contributed by atoms with Crippen molar-refractivity contribution in [3.63, 3.8) is 0 Å². The average Bonchev–Trinajstić information content (AvgIpc) is 3.76. The van der Waals surface area contributed by atoms with Crippen LogP contribution in [0.4, 0.5) is 4.39 Å². The molecule has 1 saturated carbocycles. The molecule has 3 aromatic carbocycles. The maximum atomic E-state index is 15.1. The summed E-state index contributed by atoms with van der Waals surface area (Å²) in [5.74, 6) is 0.704. The molecular formula is C34H39FO5. The second kappa shape index (κ2) is 12.7. The molecule has 4 rings (SSSR count). The van der Waals surface area contributed by atoms with Crippen molar-refractivity contribution in [1.29, 1.82) is 0 Å². The quantitative estimate of drug-likeness (QED) is 0.206.